The molecule has 1 aliphatic heterocycles. The van der Waals surface area contributed by atoms with Gasteiger partial charge in [-0.1, -0.05) is 6.92 Å². The standard InChI is InChI=1S/C24H31FN2O7S/c1-16(12-27(17(2)14-28)35(30,31)20-8-6-19(25)7-9-20)23(32-4)13-26(3)24(29)18-5-10-21-22(11-18)34-15-33-21/h5-11,16-17,23,28H,12-15H2,1-4H3/t16-,17-,23-/m1/s1. The van der Waals surface area contributed by atoms with E-state index in [-0.39, 0.29) is 36.6 Å². The number of likely N-dealkylation sites (N-methyl/N-ethyl adjacent to an activating group) is 1. The zero-order valence-corrected chi connectivity index (χ0v) is 21.0. The monoisotopic (exact) mass is 510 g/mol. The van der Waals surface area contributed by atoms with E-state index in [1.54, 1.807) is 32.2 Å². The molecule has 192 valence electrons. The molecule has 0 spiro atoms. The van der Waals surface area contributed by atoms with Gasteiger partial charge < -0.3 is 24.2 Å². The minimum absolute atomic E-state index is 0.0198. The molecule has 2 aromatic rings. The molecule has 0 bridgehead atoms. The Balaban J connectivity index is 1.73. The van der Waals surface area contributed by atoms with Gasteiger partial charge in [-0.2, -0.15) is 4.31 Å². The number of amides is 1. The normalized spacial score (nSPS) is 15.6. The molecule has 1 amide bonds. The SMILES string of the molecule is CO[C@H](CN(C)C(=O)c1ccc2c(c1)OCO2)[C@H](C)CN([C@H](C)CO)S(=O)(=O)c1ccc(F)cc1. The Kier molecular flexibility index (Phi) is 8.70. The van der Waals surface area contributed by atoms with Crippen molar-refractivity contribution >= 4 is 15.9 Å². The topological polar surface area (TPSA) is 106 Å². The van der Waals surface area contributed by atoms with E-state index >= 15 is 0 Å². The number of nitrogens with zero attached hydrogens (tertiary/aromatic N) is 2. The van der Waals surface area contributed by atoms with Crippen molar-refractivity contribution < 1.29 is 36.9 Å². The molecule has 3 rings (SSSR count). The molecule has 9 nitrogen and oxygen atoms in total. The van der Waals surface area contributed by atoms with E-state index < -0.39 is 34.6 Å². The van der Waals surface area contributed by atoms with Gasteiger partial charge in [-0.15, -0.1) is 0 Å². The first-order chi connectivity index (χ1) is 16.6. The predicted octanol–water partition coefficient (Wildman–Crippen LogP) is 2.35. The van der Waals surface area contributed by atoms with E-state index in [2.05, 4.69) is 0 Å². The van der Waals surface area contributed by atoms with Crippen LogP contribution >= 0.6 is 0 Å². The number of rotatable bonds is 11. The zero-order valence-electron chi connectivity index (χ0n) is 20.2. The van der Waals surface area contributed by atoms with E-state index in [1.807, 2.05) is 6.92 Å². The van der Waals surface area contributed by atoms with Crippen molar-refractivity contribution in [2.24, 2.45) is 5.92 Å². The summed E-state index contributed by atoms with van der Waals surface area (Å²) in [5.41, 5.74) is 0.425. The molecule has 2 aromatic carbocycles. The third kappa shape index (κ3) is 6.10. The Morgan fingerprint density at radius 1 is 1.11 bits per heavy atom. The second kappa shape index (κ2) is 11.3. The van der Waals surface area contributed by atoms with Gasteiger partial charge >= 0.3 is 0 Å². The molecule has 35 heavy (non-hydrogen) atoms. The number of ether oxygens (including phenoxy) is 3. The van der Waals surface area contributed by atoms with Crippen LogP contribution in [-0.4, -0.2) is 81.4 Å². The van der Waals surface area contributed by atoms with Crippen molar-refractivity contribution in [3.05, 3.63) is 53.8 Å². The van der Waals surface area contributed by atoms with Crippen LogP contribution in [0.1, 0.15) is 24.2 Å². The van der Waals surface area contributed by atoms with Crippen LogP contribution in [0.25, 0.3) is 0 Å². The first-order valence-corrected chi connectivity index (χ1v) is 12.6. The van der Waals surface area contributed by atoms with Gasteiger partial charge in [0.2, 0.25) is 16.8 Å². The van der Waals surface area contributed by atoms with Crippen LogP contribution in [0, 0.1) is 11.7 Å². The van der Waals surface area contributed by atoms with Gasteiger partial charge in [0, 0.05) is 38.9 Å². The van der Waals surface area contributed by atoms with Crippen molar-refractivity contribution in [3.63, 3.8) is 0 Å². The maximum absolute atomic E-state index is 13.3. The molecule has 11 heteroatoms. The average Bonchev–Trinajstić information content (AvgIpc) is 3.32. The third-order valence-electron chi connectivity index (χ3n) is 6.00. The van der Waals surface area contributed by atoms with Gasteiger partial charge in [0.25, 0.3) is 5.91 Å². The quantitative estimate of drug-likeness (QED) is 0.495. The minimum atomic E-state index is -4.01. The summed E-state index contributed by atoms with van der Waals surface area (Å²) in [7, 11) is -0.886. The summed E-state index contributed by atoms with van der Waals surface area (Å²) in [5.74, 6) is -0.0735. The number of benzene rings is 2. The second-order valence-electron chi connectivity index (χ2n) is 8.57. The van der Waals surface area contributed by atoms with Crippen molar-refractivity contribution in [2.45, 2.75) is 30.9 Å². The van der Waals surface area contributed by atoms with Crippen LogP contribution in [0.5, 0.6) is 11.5 Å². The lowest BCUT2D eigenvalue weighted by atomic mass is 10.0. The van der Waals surface area contributed by atoms with Crippen molar-refractivity contribution in [3.8, 4) is 11.5 Å². The van der Waals surface area contributed by atoms with E-state index in [0.717, 1.165) is 12.1 Å². The molecule has 0 radical (unpaired) electrons. The maximum Gasteiger partial charge on any atom is 0.253 e. The zero-order chi connectivity index (χ0) is 25.8. The minimum Gasteiger partial charge on any atom is -0.454 e. The number of fused-ring (bicyclic) bond motifs is 1. The van der Waals surface area contributed by atoms with Crippen LogP contribution in [0.3, 0.4) is 0 Å². The summed E-state index contributed by atoms with van der Waals surface area (Å²) in [6.07, 6.45) is -0.505. The van der Waals surface area contributed by atoms with E-state index in [9.17, 15) is 22.7 Å². The van der Waals surface area contributed by atoms with Gasteiger partial charge in [0.15, 0.2) is 11.5 Å². The number of aliphatic hydroxyl groups is 1. The van der Waals surface area contributed by atoms with E-state index in [4.69, 9.17) is 14.2 Å². The smallest absolute Gasteiger partial charge is 0.253 e. The number of aliphatic hydroxyl groups excluding tert-OH is 1. The molecule has 1 aliphatic rings. The Morgan fingerprint density at radius 3 is 2.40 bits per heavy atom. The lowest BCUT2D eigenvalue weighted by molar-refractivity contribution is 0.0221. The lowest BCUT2D eigenvalue weighted by Gasteiger charge is -2.33. The number of halogens is 1. The number of hydrogen-bond acceptors (Lipinski definition) is 7. The van der Waals surface area contributed by atoms with Crippen LogP contribution in [-0.2, 0) is 14.8 Å². The molecule has 0 saturated heterocycles. The average molecular weight is 511 g/mol. The molecular weight excluding hydrogens is 479 g/mol. The molecule has 0 aliphatic carbocycles. The van der Waals surface area contributed by atoms with E-state index in [0.29, 0.717) is 17.1 Å². The summed E-state index contributed by atoms with van der Waals surface area (Å²) in [4.78, 5) is 14.4. The highest BCUT2D eigenvalue weighted by Gasteiger charge is 2.33. The summed E-state index contributed by atoms with van der Waals surface area (Å²) >= 11 is 0. The maximum atomic E-state index is 13.3. The third-order valence-corrected chi connectivity index (χ3v) is 8.00. The summed E-state index contributed by atoms with van der Waals surface area (Å²) in [5, 5.41) is 9.71. The molecule has 3 atom stereocenters. The highest BCUT2D eigenvalue weighted by atomic mass is 32.2. The molecule has 0 fully saturated rings. The number of carbonyl (C=O) groups excluding carboxylic acids is 1. The molecule has 0 unspecified atom stereocenters. The van der Waals surface area contributed by atoms with Gasteiger partial charge in [0.1, 0.15) is 5.82 Å². The van der Waals surface area contributed by atoms with Gasteiger partial charge in [0.05, 0.1) is 17.6 Å². The van der Waals surface area contributed by atoms with Crippen LogP contribution in [0.15, 0.2) is 47.4 Å². The van der Waals surface area contributed by atoms with Crippen LogP contribution in [0.4, 0.5) is 4.39 Å². The van der Waals surface area contributed by atoms with Crippen molar-refractivity contribution in [1.29, 1.82) is 0 Å². The molecule has 1 heterocycles. The Labute approximate surface area is 205 Å². The Morgan fingerprint density at radius 2 is 1.77 bits per heavy atom. The fourth-order valence-electron chi connectivity index (χ4n) is 3.84. The Bertz CT molecular complexity index is 1130. The number of methoxy groups -OCH3 is 1. The molecule has 0 saturated carbocycles. The number of hydrogen-bond donors (Lipinski definition) is 1. The molecular formula is C24H31FN2O7S. The number of sulfonamides is 1. The van der Waals surface area contributed by atoms with Gasteiger partial charge in [-0.3, -0.25) is 4.79 Å². The van der Waals surface area contributed by atoms with E-state index in [1.165, 1.54) is 28.4 Å². The lowest BCUT2D eigenvalue weighted by Crippen LogP contribution is -2.47. The summed E-state index contributed by atoms with van der Waals surface area (Å²) in [6, 6.07) is 8.76. The van der Waals surface area contributed by atoms with Crippen LogP contribution in [0.2, 0.25) is 0 Å². The first-order valence-electron chi connectivity index (χ1n) is 11.1. The second-order valence-corrected chi connectivity index (χ2v) is 10.5. The largest absolute Gasteiger partial charge is 0.454 e. The predicted molar refractivity (Wildman–Crippen MR) is 126 cm³/mol. The highest BCUT2D eigenvalue weighted by Crippen LogP contribution is 2.33. The fraction of sp³-hybridized carbons (Fsp3) is 0.458. The first kappa shape index (κ1) is 26.9. The summed E-state index contributed by atoms with van der Waals surface area (Å²) < 4.78 is 57.3. The van der Waals surface area contributed by atoms with Crippen molar-refractivity contribution in [1.82, 2.24) is 9.21 Å². The fourth-order valence-corrected chi connectivity index (χ4v) is 5.56. The van der Waals surface area contributed by atoms with Gasteiger partial charge in [-0.25, -0.2) is 12.8 Å². The molecule has 1 N–H and O–H groups in total. The van der Waals surface area contributed by atoms with Gasteiger partial charge in [-0.05, 0) is 55.3 Å². The number of carbonyl (C=O) groups is 1. The highest BCUT2D eigenvalue weighted by molar-refractivity contribution is 7.89. The Hall–Kier alpha value is -2.73. The summed E-state index contributed by atoms with van der Waals surface area (Å²) in [6.45, 7) is 3.33. The van der Waals surface area contributed by atoms with Crippen molar-refractivity contribution in [2.75, 3.05) is 40.6 Å². The van der Waals surface area contributed by atoms with Crippen LogP contribution < -0.4 is 9.47 Å². The molecule has 0 aromatic heterocycles.